The topological polar surface area (TPSA) is 64.3 Å². The molecule has 2 rings (SSSR count). The minimum Gasteiger partial charge on any atom is -0.494 e. The summed E-state index contributed by atoms with van der Waals surface area (Å²) in [5, 5.41) is 3.37. The van der Waals surface area contributed by atoms with Crippen LogP contribution in [0, 0.1) is 0 Å². The van der Waals surface area contributed by atoms with Crippen LogP contribution in [0.2, 0.25) is 0 Å². The fourth-order valence-electron chi connectivity index (χ4n) is 2.59. The molecule has 0 saturated heterocycles. The highest BCUT2D eigenvalue weighted by atomic mass is 16.5. The average Bonchev–Trinajstić information content (AvgIpc) is 2.90. The van der Waals surface area contributed by atoms with Gasteiger partial charge < -0.3 is 10.5 Å². The van der Waals surface area contributed by atoms with Crippen molar-refractivity contribution in [2.45, 2.75) is 44.7 Å². The van der Waals surface area contributed by atoms with Gasteiger partial charge in [-0.1, -0.05) is 25.0 Å². The van der Waals surface area contributed by atoms with E-state index in [1.54, 1.807) is 0 Å². The smallest absolute Gasteiger partial charge is 0.239 e. The van der Waals surface area contributed by atoms with E-state index >= 15 is 0 Å². The monoisotopic (exact) mass is 262 g/mol. The molecule has 0 spiro atoms. The predicted molar refractivity (Wildman–Crippen MR) is 74.9 cm³/mol. The number of ether oxygens (including phenoxy) is 1. The molecule has 1 atom stereocenters. The second-order valence-corrected chi connectivity index (χ2v) is 4.99. The van der Waals surface area contributed by atoms with Gasteiger partial charge in [0.2, 0.25) is 5.91 Å². The fraction of sp³-hybridized carbons (Fsp3) is 0.533. The van der Waals surface area contributed by atoms with Crippen molar-refractivity contribution >= 4 is 5.91 Å². The summed E-state index contributed by atoms with van der Waals surface area (Å²) in [6, 6.07) is 7.57. The molecule has 1 amide bonds. The summed E-state index contributed by atoms with van der Waals surface area (Å²) < 4.78 is 5.40. The summed E-state index contributed by atoms with van der Waals surface area (Å²) in [5.41, 5.74) is 6.42. The summed E-state index contributed by atoms with van der Waals surface area (Å²) >= 11 is 0. The first-order valence-corrected chi connectivity index (χ1v) is 6.99. The van der Waals surface area contributed by atoms with Crippen LogP contribution in [-0.4, -0.2) is 18.6 Å². The van der Waals surface area contributed by atoms with Gasteiger partial charge in [-0.05, 0) is 37.5 Å². The van der Waals surface area contributed by atoms with Crippen molar-refractivity contribution < 1.29 is 9.53 Å². The Hall–Kier alpha value is -1.55. The third kappa shape index (κ3) is 3.70. The summed E-state index contributed by atoms with van der Waals surface area (Å²) in [6.07, 6.45) is 4.71. The van der Waals surface area contributed by atoms with E-state index in [1.807, 2.05) is 31.2 Å². The second kappa shape index (κ2) is 6.57. The first-order chi connectivity index (χ1) is 9.20. The number of hydrogen-bond donors (Lipinski definition) is 2. The van der Waals surface area contributed by atoms with Gasteiger partial charge in [-0.15, -0.1) is 0 Å². The van der Waals surface area contributed by atoms with Crippen LogP contribution in [0.25, 0.3) is 0 Å². The summed E-state index contributed by atoms with van der Waals surface area (Å²) in [4.78, 5) is 11.6. The molecule has 19 heavy (non-hydrogen) atoms. The molecular formula is C15H22N2O2. The van der Waals surface area contributed by atoms with E-state index in [4.69, 9.17) is 10.5 Å². The van der Waals surface area contributed by atoms with Crippen molar-refractivity contribution in [3.63, 3.8) is 0 Å². The maximum atomic E-state index is 11.6. The highest BCUT2D eigenvalue weighted by Gasteiger charge is 2.23. The van der Waals surface area contributed by atoms with Gasteiger partial charge in [0, 0.05) is 6.04 Å². The number of primary amides is 1. The number of nitrogens with one attached hydrogen (secondary N) is 1. The summed E-state index contributed by atoms with van der Waals surface area (Å²) in [5.74, 6) is 0.492. The molecule has 0 aliphatic heterocycles. The molecule has 1 unspecified atom stereocenters. The van der Waals surface area contributed by atoms with Crippen molar-refractivity contribution in [3.05, 3.63) is 29.8 Å². The molecule has 4 nitrogen and oxygen atoms in total. The standard InChI is InChI=1S/C15H22N2O2/c1-2-19-13-9-7-11(8-10-13)14(15(16)18)17-12-5-3-4-6-12/h7-10,12,14,17H,2-6H2,1H3,(H2,16,18). The van der Waals surface area contributed by atoms with Crippen LogP contribution in [0.5, 0.6) is 5.75 Å². The quantitative estimate of drug-likeness (QED) is 0.825. The molecule has 0 aromatic heterocycles. The molecule has 0 bridgehead atoms. The van der Waals surface area contributed by atoms with Gasteiger partial charge in [0.1, 0.15) is 11.8 Å². The highest BCUT2D eigenvalue weighted by Crippen LogP contribution is 2.23. The molecule has 0 radical (unpaired) electrons. The lowest BCUT2D eigenvalue weighted by molar-refractivity contribution is -0.120. The zero-order valence-corrected chi connectivity index (χ0v) is 11.4. The van der Waals surface area contributed by atoms with Gasteiger partial charge in [-0.25, -0.2) is 0 Å². The molecule has 1 fully saturated rings. The summed E-state index contributed by atoms with van der Waals surface area (Å²) in [6.45, 7) is 2.58. The molecule has 1 aliphatic carbocycles. The average molecular weight is 262 g/mol. The van der Waals surface area contributed by atoms with Crippen LogP contribution in [0.15, 0.2) is 24.3 Å². The van der Waals surface area contributed by atoms with Gasteiger partial charge in [-0.3, -0.25) is 10.1 Å². The van der Waals surface area contributed by atoms with E-state index in [2.05, 4.69) is 5.32 Å². The first-order valence-electron chi connectivity index (χ1n) is 6.99. The third-order valence-corrected chi connectivity index (χ3v) is 3.57. The molecule has 0 heterocycles. The lowest BCUT2D eigenvalue weighted by Gasteiger charge is -2.20. The Labute approximate surface area is 114 Å². The predicted octanol–water partition coefficient (Wildman–Crippen LogP) is 2.14. The van der Waals surface area contributed by atoms with E-state index in [0.717, 1.165) is 24.2 Å². The van der Waals surface area contributed by atoms with Gasteiger partial charge in [0.25, 0.3) is 0 Å². The minimum atomic E-state index is -0.404. The molecule has 104 valence electrons. The third-order valence-electron chi connectivity index (χ3n) is 3.57. The SMILES string of the molecule is CCOc1ccc(C(NC2CCCC2)C(N)=O)cc1. The maximum Gasteiger partial charge on any atom is 0.239 e. The van der Waals surface area contributed by atoms with E-state index in [9.17, 15) is 4.79 Å². The molecule has 1 aromatic rings. The molecule has 1 aromatic carbocycles. The van der Waals surface area contributed by atoms with Crippen molar-refractivity contribution in [3.8, 4) is 5.75 Å². The Morgan fingerprint density at radius 1 is 1.37 bits per heavy atom. The number of carbonyl (C=O) groups is 1. The molecule has 1 aliphatic rings. The Kier molecular flexibility index (Phi) is 4.80. The van der Waals surface area contributed by atoms with Crippen LogP contribution in [0.1, 0.15) is 44.2 Å². The first kappa shape index (κ1) is 13.9. The minimum absolute atomic E-state index is 0.323. The second-order valence-electron chi connectivity index (χ2n) is 4.99. The Bertz CT molecular complexity index is 411. The highest BCUT2D eigenvalue weighted by molar-refractivity contribution is 5.81. The van der Waals surface area contributed by atoms with Crippen LogP contribution in [0.4, 0.5) is 0 Å². The van der Waals surface area contributed by atoms with E-state index in [1.165, 1.54) is 12.8 Å². The van der Waals surface area contributed by atoms with Crippen LogP contribution in [-0.2, 0) is 4.79 Å². The number of hydrogen-bond acceptors (Lipinski definition) is 3. The zero-order valence-electron chi connectivity index (χ0n) is 11.4. The number of rotatable bonds is 6. The number of benzene rings is 1. The lowest BCUT2D eigenvalue weighted by Crippen LogP contribution is -2.38. The van der Waals surface area contributed by atoms with Gasteiger partial charge in [0.15, 0.2) is 0 Å². The van der Waals surface area contributed by atoms with Gasteiger partial charge in [-0.2, -0.15) is 0 Å². The number of nitrogens with two attached hydrogens (primary N) is 1. The van der Waals surface area contributed by atoms with Crippen molar-refractivity contribution in [2.75, 3.05) is 6.61 Å². The van der Waals surface area contributed by atoms with Crippen LogP contribution in [0.3, 0.4) is 0 Å². The Morgan fingerprint density at radius 2 is 2.00 bits per heavy atom. The maximum absolute atomic E-state index is 11.6. The number of carbonyl (C=O) groups excluding carboxylic acids is 1. The Balaban J connectivity index is 2.07. The van der Waals surface area contributed by atoms with Crippen LogP contribution < -0.4 is 15.8 Å². The van der Waals surface area contributed by atoms with Crippen molar-refractivity contribution in [2.24, 2.45) is 5.73 Å². The molecular weight excluding hydrogens is 240 g/mol. The number of amides is 1. The normalized spacial score (nSPS) is 17.3. The van der Waals surface area contributed by atoms with Crippen LogP contribution >= 0.6 is 0 Å². The van der Waals surface area contributed by atoms with Gasteiger partial charge in [0.05, 0.1) is 6.61 Å². The lowest BCUT2D eigenvalue weighted by atomic mass is 10.0. The van der Waals surface area contributed by atoms with Gasteiger partial charge >= 0.3 is 0 Å². The largest absolute Gasteiger partial charge is 0.494 e. The van der Waals surface area contributed by atoms with Crippen molar-refractivity contribution in [1.82, 2.24) is 5.32 Å². The summed E-state index contributed by atoms with van der Waals surface area (Å²) in [7, 11) is 0. The van der Waals surface area contributed by atoms with Crippen molar-refractivity contribution in [1.29, 1.82) is 0 Å². The molecule has 4 heteroatoms. The Morgan fingerprint density at radius 3 is 2.53 bits per heavy atom. The van der Waals surface area contributed by atoms with E-state index in [-0.39, 0.29) is 5.91 Å². The van der Waals surface area contributed by atoms with E-state index < -0.39 is 6.04 Å². The molecule has 3 N–H and O–H groups in total. The van der Waals surface area contributed by atoms with E-state index in [0.29, 0.717) is 12.6 Å². The molecule has 1 saturated carbocycles. The fourth-order valence-corrected chi connectivity index (χ4v) is 2.59. The zero-order chi connectivity index (χ0) is 13.7.